The fourth-order valence-electron chi connectivity index (χ4n) is 1.90. The SMILES string of the molecule is CCC(C)(C(N)c1cc(F)ccc1F)N(C)C. The van der Waals surface area contributed by atoms with E-state index in [-0.39, 0.29) is 5.56 Å². The molecule has 2 atom stereocenters. The largest absolute Gasteiger partial charge is 0.322 e. The Kier molecular flexibility index (Phi) is 4.22. The van der Waals surface area contributed by atoms with Crippen molar-refractivity contribution in [3.63, 3.8) is 0 Å². The maximum atomic E-state index is 13.7. The van der Waals surface area contributed by atoms with Crippen molar-refractivity contribution < 1.29 is 8.78 Å². The summed E-state index contributed by atoms with van der Waals surface area (Å²) in [5, 5.41) is 0. The van der Waals surface area contributed by atoms with Gasteiger partial charge in [0.15, 0.2) is 0 Å². The molecule has 0 saturated carbocycles. The first kappa shape index (κ1) is 14.1. The summed E-state index contributed by atoms with van der Waals surface area (Å²) in [5.74, 6) is -0.922. The van der Waals surface area contributed by atoms with Crippen LogP contribution in [0.3, 0.4) is 0 Å². The van der Waals surface area contributed by atoms with E-state index in [0.717, 1.165) is 18.6 Å². The molecule has 1 aromatic rings. The zero-order valence-corrected chi connectivity index (χ0v) is 10.8. The summed E-state index contributed by atoms with van der Waals surface area (Å²) in [4.78, 5) is 1.95. The molecule has 0 aliphatic carbocycles. The third kappa shape index (κ3) is 2.64. The molecule has 2 unspecified atom stereocenters. The van der Waals surface area contributed by atoms with Gasteiger partial charge in [-0.25, -0.2) is 8.78 Å². The molecule has 1 aromatic carbocycles. The predicted octanol–water partition coefficient (Wildman–Crippen LogP) is 2.69. The van der Waals surface area contributed by atoms with Crippen molar-refractivity contribution >= 4 is 0 Å². The van der Waals surface area contributed by atoms with Crippen molar-refractivity contribution in [3.8, 4) is 0 Å². The van der Waals surface area contributed by atoms with Crippen LogP contribution in [0, 0.1) is 11.6 Å². The van der Waals surface area contributed by atoms with Crippen LogP contribution in [0.15, 0.2) is 18.2 Å². The van der Waals surface area contributed by atoms with E-state index in [2.05, 4.69) is 0 Å². The monoisotopic (exact) mass is 242 g/mol. The first-order valence-corrected chi connectivity index (χ1v) is 5.71. The smallest absolute Gasteiger partial charge is 0.128 e. The van der Waals surface area contributed by atoms with Gasteiger partial charge in [-0.3, -0.25) is 0 Å². The van der Waals surface area contributed by atoms with Gasteiger partial charge in [0.1, 0.15) is 11.6 Å². The average molecular weight is 242 g/mol. The molecule has 0 fully saturated rings. The number of hydrogen-bond acceptors (Lipinski definition) is 2. The molecule has 0 aliphatic rings. The van der Waals surface area contributed by atoms with Gasteiger partial charge in [-0.15, -0.1) is 0 Å². The molecule has 0 heterocycles. The Morgan fingerprint density at radius 2 is 1.94 bits per heavy atom. The average Bonchev–Trinajstić information content (AvgIpc) is 2.30. The van der Waals surface area contributed by atoms with Gasteiger partial charge >= 0.3 is 0 Å². The molecule has 0 radical (unpaired) electrons. The number of nitrogens with two attached hydrogens (primary N) is 1. The summed E-state index contributed by atoms with van der Waals surface area (Å²) in [5.41, 5.74) is 5.92. The number of benzene rings is 1. The molecule has 0 saturated heterocycles. The molecule has 1 rings (SSSR count). The Balaban J connectivity index is 3.18. The Morgan fingerprint density at radius 1 is 1.35 bits per heavy atom. The third-order valence-electron chi connectivity index (χ3n) is 3.70. The lowest BCUT2D eigenvalue weighted by atomic mass is 9.84. The molecule has 0 bridgehead atoms. The lowest BCUT2D eigenvalue weighted by molar-refractivity contribution is 0.130. The summed E-state index contributed by atoms with van der Waals surface area (Å²) >= 11 is 0. The van der Waals surface area contributed by atoms with Gasteiger partial charge in [-0.05, 0) is 45.6 Å². The van der Waals surface area contributed by atoms with Crippen LogP contribution >= 0.6 is 0 Å². The van der Waals surface area contributed by atoms with Gasteiger partial charge in [-0.1, -0.05) is 6.92 Å². The minimum Gasteiger partial charge on any atom is -0.322 e. The van der Waals surface area contributed by atoms with Crippen molar-refractivity contribution in [2.24, 2.45) is 5.73 Å². The van der Waals surface area contributed by atoms with Gasteiger partial charge in [0.05, 0.1) is 6.04 Å². The predicted molar refractivity (Wildman–Crippen MR) is 65.7 cm³/mol. The second-order valence-corrected chi connectivity index (χ2v) is 4.75. The molecule has 96 valence electrons. The minimum absolute atomic E-state index is 0.225. The zero-order chi connectivity index (χ0) is 13.2. The highest BCUT2D eigenvalue weighted by molar-refractivity contribution is 5.25. The van der Waals surface area contributed by atoms with Crippen molar-refractivity contribution in [2.75, 3.05) is 14.1 Å². The molecule has 2 nitrogen and oxygen atoms in total. The van der Waals surface area contributed by atoms with E-state index in [1.807, 2.05) is 32.8 Å². The van der Waals surface area contributed by atoms with Crippen molar-refractivity contribution in [1.82, 2.24) is 4.90 Å². The second kappa shape index (κ2) is 5.10. The number of nitrogens with zero attached hydrogens (tertiary/aromatic N) is 1. The number of likely N-dealkylation sites (N-methyl/N-ethyl adjacent to an activating group) is 1. The van der Waals surface area contributed by atoms with E-state index < -0.39 is 23.2 Å². The highest BCUT2D eigenvalue weighted by Crippen LogP contribution is 2.32. The van der Waals surface area contributed by atoms with Crippen LogP contribution in [0.1, 0.15) is 31.9 Å². The highest BCUT2D eigenvalue weighted by Gasteiger charge is 2.34. The standard InChI is InChI=1S/C13H20F2N2/c1-5-13(2,17(3)4)12(16)10-8-9(14)6-7-11(10)15/h6-8,12H,5,16H2,1-4H3. The first-order chi connectivity index (χ1) is 7.82. The quantitative estimate of drug-likeness (QED) is 0.879. The zero-order valence-electron chi connectivity index (χ0n) is 10.8. The van der Waals surface area contributed by atoms with Crippen LogP contribution in [-0.2, 0) is 0 Å². The molecular formula is C13H20F2N2. The maximum absolute atomic E-state index is 13.7. The molecule has 0 amide bonds. The summed E-state index contributed by atoms with van der Waals surface area (Å²) in [7, 11) is 3.78. The van der Waals surface area contributed by atoms with Crippen molar-refractivity contribution in [3.05, 3.63) is 35.4 Å². The van der Waals surface area contributed by atoms with Crippen LogP contribution in [0.25, 0.3) is 0 Å². The molecular weight excluding hydrogens is 222 g/mol. The van der Waals surface area contributed by atoms with Crippen LogP contribution < -0.4 is 5.73 Å². The summed E-state index contributed by atoms with van der Waals surface area (Å²) in [6.45, 7) is 3.93. The number of halogens is 2. The van der Waals surface area contributed by atoms with E-state index in [9.17, 15) is 8.78 Å². The summed E-state index contributed by atoms with van der Waals surface area (Å²) in [6, 6.07) is 2.83. The third-order valence-corrected chi connectivity index (χ3v) is 3.70. The van der Waals surface area contributed by atoms with Crippen molar-refractivity contribution in [1.29, 1.82) is 0 Å². The van der Waals surface area contributed by atoms with Gasteiger partial charge < -0.3 is 10.6 Å². The molecule has 0 aromatic heterocycles. The Bertz CT molecular complexity index is 393. The Hall–Kier alpha value is -1.00. The highest BCUT2D eigenvalue weighted by atomic mass is 19.1. The van der Waals surface area contributed by atoms with E-state index in [0.29, 0.717) is 0 Å². The summed E-state index contributed by atoms with van der Waals surface area (Å²) < 4.78 is 26.8. The first-order valence-electron chi connectivity index (χ1n) is 5.71. The van der Waals surface area contributed by atoms with Crippen molar-refractivity contribution in [2.45, 2.75) is 31.8 Å². The molecule has 4 heteroatoms. The van der Waals surface area contributed by atoms with Gasteiger partial charge in [0.25, 0.3) is 0 Å². The van der Waals surface area contributed by atoms with Crippen LogP contribution in [0.4, 0.5) is 8.78 Å². The normalized spacial score (nSPS) is 16.9. The van der Waals surface area contributed by atoms with E-state index in [4.69, 9.17) is 5.73 Å². The maximum Gasteiger partial charge on any atom is 0.128 e. The molecule has 2 N–H and O–H groups in total. The second-order valence-electron chi connectivity index (χ2n) is 4.75. The number of rotatable bonds is 4. The van der Waals surface area contributed by atoms with Crippen LogP contribution in [0.2, 0.25) is 0 Å². The lowest BCUT2D eigenvalue weighted by Gasteiger charge is -2.41. The van der Waals surface area contributed by atoms with Gasteiger partial charge in [0, 0.05) is 11.1 Å². The fourth-order valence-corrected chi connectivity index (χ4v) is 1.90. The van der Waals surface area contributed by atoms with Gasteiger partial charge in [-0.2, -0.15) is 0 Å². The van der Waals surface area contributed by atoms with Crippen LogP contribution in [-0.4, -0.2) is 24.5 Å². The number of hydrogen-bond donors (Lipinski definition) is 1. The minimum atomic E-state index is -0.571. The molecule has 0 spiro atoms. The van der Waals surface area contributed by atoms with Gasteiger partial charge in [0.2, 0.25) is 0 Å². The summed E-state index contributed by atoms with van der Waals surface area (Å²) in [6.07, 6.45) is 0.747. The van der Waals surface area contributed by atoms with E-state index >= 15 is 0 Å². The van der Waals surface area contributed by atoms with E-state index in [1.54, 1.807) is 0 Å². The topological polar surface area (TPSA) is 29.3 Å². The Morgan fingerprint density at radius 3 is 2.41 bits per heavy atom. The fraction of sp³-hybridized carbons (Fsp3) is 0.538. The van der Waals surface area contributed by atoms with Crippen LogP contribution in [0.5, 0.6) is 0 Å². The van der Waals surface area contributed by atoms with E-state index in [1.165, 1.54) is 6.07 Å². The lowest BCUT2D eigenvalue weighted by Crippen LogP contribution is -2.49. The molecule has 17 heavy (non-hydrogen) atoms. The molecule has 0 aliphatic heterocycles. The Labute approximate surface area is 101 Å².